The third-order valence-electron chi connectivity index (χ3n) is 5.82. The Morgan fingerprint density at radius 1 is 0.921 bits per heavy atom. The minimum Gasteiger partial charge on any atom is -0.316 e. The lowest BCUT2D eigenvalue weighted by Gasteiger charge is -2.11. The van der Waals surface area contributed by atoms with E-state index in [0.717, 1.165) is 6.26 Å². The highest BCUT2D eigenvalue weighted by Crippen LogP contribution is 2.30. The molecule has 0 fully saturated rings. The number of benzene rings is 4. The molecule has 0 aliphatic carbocycles. The third kappa shape index (κ3) is 6.04. The quantitative estimate of drug-likeness (QED) is 0.150. The Morgan fingerprint density at radius 3 is 2.26 bits per heavy atom. The van der Waals surface area contributed by atoms with Crippen LogP contribution in [0.15, 0.2) is 100 Å². The lowest BCUT2D eigenvalue weighted by Crippen LogP contribution is -2.16. The molecule has 192 valence electrons. The Kier molecular flexibility index (Phi) is 7.84. The van der Waals surface area contributed by atoms with Gasteiger partial charge < -0.3 is 5.32 Å². The van der Waals surface area contributed by atoms with Crippen LogP contribution in [0.2, 0.25) is 0 Å². The molecule has 0 aliphatic rings. The maximum atomic E-state index is 13.1. The lowest BCUT2D eigenvalue weighted by molar-refractivity contribution is -0.384. The number of carbonyl (C=O) groups excluding carboxylic acids is 2. The summed E-state index contributed by atoms with van der Waals surface area (Å²) in [5.74, 6) is -0.825. The Labute approximate surface area is 227 Å². The van der Waals surface area contributed by atoms with Gasteiger partial charge in [-0.05, 0) is 35.4 Å². The van der Waals surface area contributed by atoms with Crippen LogP contribution in [0.1, 0.15) is 26.3 Å². The molecule has 10 heteroatoms. The molecule has 0 atom stereocenters. The lowest BCUT2D eigenvalue weighted by atomic mass is 9.96. The predicted octanol–water partition coefficient (Wildman–Crippen LogP) is 6.11. The molecule has 0 saturated carbocycles. The van der Waals surface area contributed by atoms with E-state index in [9.17, 15) is 28.1 Å². The molecule has 1 N–H and O–H groups in total. The van der Waals surface area contributed by atoms with Gasteiger partial charge in [0.05, 0.1) is 9.82 Å². The normalized spacial score (nSPS) is 11.1. The number of sulfone groups is 1. The van der Waals surface area contributed by atoms with Crippen LogP contribution in [0.5, 0.6) is 0 Å². The Morgan fingerprint density at radius 2 is 1.58 bits per heavy atom. The van der Waals surface area contributed by atoms with Crippen LogP contribution in [0.25, 0.3) is 11.1 Å². The molecule has 4 rings (SSSR count). The number of anilines is 1. The van der Waals surface area contributed by atoms with Gasteiger partial charge in [-0.2, -0.15) is 0 Å². The first kappa shape index (κ1) is 26.9. The van der Waals surface area contributed by atoms with Crippen LogP contribution in [-0.2, 0) is 16.3 Å². The van der Waals surface area contributed by atoms with Crippen LogP contribution in [0.3, 0.4) is 0 Å². The minimum absolute atomic E-state index is 0.0364. The Hall–Kier alpha value is -4.15. The molecule has 0 saturated heterocycles. The first-order chi connectivity index (χ1) is 18.0. The van der Waals surface area contributed by atoms with Crippen molar-refractivity contribution in [3.05, 3.63) is 122 Å². The number of hydrogen-bond acceptors (Lipinski definition) is 6. The molecule has 8 nitrogen and oxygen atoms in total. The molecular formula is C28H21BrN2O6S. The number of hydrogen-bond donors (Lipinski definition) is 1. The van der Waals surface area contributed by atoms with Gasteiger partial charge in [0, 0.05) is 39.9 Å². The van der Waals surface area contributed by atoms with Gasteiger partial charge in [-0.3, -0.25) is 19.7 Å². The smallest absolute Gasteiger partial charge is 0.293 e. The summed E-state index contributed by atoms with van der Waals surface area (Å²) in [4.78, 5) is 37.1. The van der Waals surface area contributed by atoms with E-state index < -0.39 is 20.7 Å². The van der Waals surface area contributed by atoms with Crippen molar-refractivity contribution in [2.45, 2.75) is 11.3 Å². The number of nitrogens with one attached hydrogen (secondary N) is 1. The molecule has 4 aromatic carbocycles. The van der Waals surface area contributed by atoms with Crippen molar-refractivity contribution >= 4 is 48.8 Å². The predicted molar refractivity (Wildman–Crippen MR) is 148 cm³/mol. The van der Waals surface area contributed by atoms with Gasteiger partial charge in [0.1, 0.15) is 5.69 Å². The summed E-state index contributed by atoms with van der Waals surface area (Å²) >= 11 is 3.18. The van der Waals surface area contributed by atoms with Crippen molar-refractivity contribution in [1.29, 1.82) is 0 Å². The largest absolute Gasteiger partial charge is 0.316 e. The number of amides is 1. The number of nitrogens with zero attached hydrogens (tertiary/aromatic N) is 1. The summed E-state index contributed by atoms with van der Waals surface area (Å²) in [6, 6.07) is 24.1. The number of Topliss-reactive ketones (excluding diaryl/α,β-unsaturated/α-hetero) is 1. The van der Waals surface area contributed by atoms with E-state index in [-0.39, 0.29) is 34.0 Å². The number of halogens is 1. The summed E-state index contributed by atoms with van der Waals surface area (Å²) in [7, 11) is -3.44. The molecule has 1 amide bonds. The maximum absolute atomic E-state index is 13.1. The number of nitro benzene ring substituents is 1. The monoisotopic (exact) mass is 592 g/mol. The zero-order chi connectivity index (χ0) is 27.4. The zero-order valence-electron chi connectivity index (χ0n) is 20.1. The highest BCUT2D eigenvalue weighted by Gasteiger charge is 2.20. The molecule has 38 heavy (non-hydrogen) atoms. The number of carbonyl (C=O) groups is 2. The van der Waals surface area contributed by atoms with E-state index in [4.69, 9.17) is 0 Å². The van der Waals surface area contributed by atoms with E-state index in [2.05, 4.69) is 21.2 Å². The fourth-order valence-corrected chi connectivity index (χ4v) is 5.25. The highest BCUT2D eigenvalue weighted by atomic mass is 79.9. The second-order valence-electron chi connectivity index (χ2n) is 8.48. The fourth-order valence-electron chi connectivity index (χ4n) is 3.99. The van der Waals surface area contributed by atoms with Crippen LogP contribution in [0, 0.1) is 10.1 Å². The summed E-state index contributed by atoms with van der Waals surface area (Å²) in [6.45, 7) is 0. The average molecular weight is 593 g/mol. The van der Waals surface area contributed by atoms with E-state index in [0.29, 0.717) is 26.7 Å². The van der Waals surface area contributed by atoms with Gasteiger partial charge in [0.15, 0.2) is 15.6 Å². The topological polar surface area (TPSA) is 123 Å². The second kappa shape index (κ2) is 11.1. The van der Waals surface area contributed by atoms with Crippen molar-refractivity contribution in [3.8, 4) is 11.1 Å². The molecule has 0 unspecified atom stereocenters. The highest BCUT2D eigenvalue weighted by molar-refractivity contribution is 9.10. The summed E-state index contributed by atoms with van der Waals surface area (Å²) < 4.78 is 24.8. The third-order valence-corrected chi connectivity index (χ3v) is 7.47. The first-order valence-electron chi connectivity index (χ1n) is 11.3. The number of rotatable bonds is 8. The van der Waals surface area contributed by atoms with E-state index in [1.54, 1.807) is 72.8 Å². The summed E-state index contributed by atoms with van der Waals surface area (Å²) in [6.07, 6.45) is 1.07. The van der Waals surface area contributed by atoms with Crippen LogP contribution >= 0.6 is 15.9 Å². The molecule has 0 aliphatic heterocycles. The van der Waals surface area contributed by atoms with Crippen LogP contribution in [-0.4, -0.2) is 31.3 Å². The van der Waals surface area contributed by atoms with Gasteiger partial charge in [-0.25, -0.2) is 8.42 Å². The minimum atomic E-state index is -3.44. The van der Waals surface area contributed by atoms with Crippen molar-refractivity contribution in [2.75, 3.05) is 11.6 Å². The summed E-state index contributed by atoms with van der Waals surface area (Å²) in [5.41, 5.74) is 2.03. The standard InChI is InChI=1S/C28H21BrN2O6S/c1-38(36,37)27-9-5-4-7-22(27)18-10-12-19(13-11-18)26(32)16-20-6-2-3-8-23(20)28(33)30-24-15-14-21(29)17-25(24)31(34)35/h2-15,17H,16H2,1H3,(H,30,33). The van der Waals surface area contributed by atoms with Crippen molar-refractivity contribution in [1.82, 2.24) is 0 Å². The molecule has 0 bridgehead atoms. The number of nitro groups is 1. The molecule has 0 spiro atoms. The van der Waals surface area contributed by atoms with Crippen LogP contribution < -0.4 is 5.32 Å². The SMILES string of the molecule is CS(=O)(=O)c1ccccc1-c1ccc(C(=O)Cc2ccccc2C(=O)Nc2ccc(Br)cc2[N+](=O)[O-])cc1. The van der Waals surface area contributed by atoms with Gasteiger partial charge >= 0.3 is 0 Å². The van der Waals surface area contributed by atoms with E-state index in [1.807, 2.05) is 0 Å². The average Bonchev–Trinajstić information content (AvgIpc) is 2.89. The van der Waals surface area contributed by atoms with Crippen molar-refractivity contribution < 1.29 is 22.9 Å². The van der Waals surface area contributed by atoms with Crippen molar-refractivity contribution in [3.63, 3.8) is 0 Å². The molecule has 0 aromatic heterocycles. The summed E-state index contributed by atoms with van der Waals surface area (Å²) in [5, 5.41) is 14.0. The van der Waals surface area contributed by atoms with Gasteiger partial charge in [0.25, 0.3) is 11.6 Å². The molecule has 0 radical (unpaired) electrons. The molecule has 4 aromatic rings. The van der Waals surface area contributed by atoms with E-state index in [1.165, 1.54) is 18.2 Å². The van der Waals surface area contributed by atoms with Crippen LogP contribution in [0.4, 0.5) is 11.4 Å². The van der Waals surface area contributed by atoms with Gasteiger partial charge in [-0.1, -0.05) is 76.6 Å². The molecule has 0 heterocycles. The molecular weight excluding hydrogens is 572 g/mol. The fraction of sp³-hybridized carbons (Fsp3) is 0.0714. The Bertz CT molecular complexity index is 1670. The van der Waals surface area contributed by atoms with Gasteiger partial charge in [0.2, 0.25) is 0 Å². The first-order valence-corrected chi connectivity index (χ1v) is 14.0. The van der Waals surface area contributed by atoms with Crippen molar-refractivity contribution in [2.24, 2.45) is 0 Å². The maximum Gasteiger partial charge on any atom is 0.293 e. The Balaban J connectivity index is 1.56. The second-order valence-corrected chi connectivity index (χ2v) is 11.4. The zero-order valence-corrected chi connectivity index (χ0v) is 22.5. The number of ketones is 1. The van der Waals surface area contributed by atoms with Gasteiger partial charge in [-0.15, -0.1) is 0 Å². The van der Waals surface area contributed by atoms with E-state index >= 15 is 0 Å².